The Bertz CT molecular complexity index is 909. The van der Waals surface area contributed by atoms with Gasteiger partial charge >= 0.3 is 5.97 Å². The number of halogens is 2. The summed E-state index contributed by atoms with van der Waals surface area (Å²) in [7, 11) is 0. The van der Waals surface area contributed by atoms with Gasteiger partial charge in [-0.1, -0.05) is 29.8 Å². The summed E-state index contributed by atoms with van der Waals surface area (Å²) in [6.45, 7) is 1.15. The van der Waals surface area contributed by atoms with Gasteiger partial charge in [-0.3, -0.25) is 0 Å². The Labute approximate surface area is 154 Å². The second-order valence-corrected chi connectivity index (χ2v) is 6.18. The third kappa shape index (κ3) is 4.68. The number of hydrogen-bond acceptors (Lipinski definition) is 3. The van der Waals surface area contributed by atoms with E-state index >= 15 is 0 Å². The molecule has 5 nitrogen and oxygen atoms in total. The normalized spacial score (nSPS) is 10.8. The van der Waals surface area contributed by atoms with Gasteiger partial charge in [-0.2, -0.15) is 0 Å². The zero-order valence-corrected chi connectivity index (χ0v) is 14.5. The monoisotopic (exact) mass is 374 g/mol. The third-order valence-corrected chi connectivity index (χ3v) is 4.13. The molecule has 0 aliphatic rings. The Kier molecular flexibility index (Phi) is 5.65. The van der Waals surface area contributed by atoms with Crippen molar-refractivity contribution in [2.24, 2.45) is 0 Å². The van der Waals surface area contributed by atoms with Gasteiger partial charge in [0.15, 0.2) is 0 Å². The summed E-state index contributed by atoms with van der Waals surface area (Å²) in [5.41, 5.74) is 2.70. The Morgan fingerprint density at radius 3 is 2.65 bits per heavy atom. The summed E-state index contributed by atoms with van der Waals surface area (Å²) in [6.07, 6.45) is 3.55. The summed E-state index contributed by atoms with van der Waals surface area (Å²) >= 11 is 5.96. The van der Waals surface area contributed by atoms with Crippen LogP contribution in [-0.4, -0.2) is 20.6 Å². The van der Waals surface area contributed by atoms with Crippen LogP contribution in [0.2, 0.25) is 5.02 Å². The summed E-state index contributed by atoms with van der Waals surface area (Å²) in [5.74, 6) is -1.33. The maximum atomic E-state index is 13.0. The highest BCUT2D eigenvalue weighted by atomic mass is 35.5. The van der Waals surface area contributed by atoms with Crippen molar-refractivity contribution in [3.63, 3.8) is 0 Å². The van der Waals surface area contributed by atoms with Crippen LogP contribution in [0.4, 0.5) is 4.39 Å². The highest BCUT2D eigenvalue weighted by molar-refractivity contribution is 6.31. The molecule has 0 amide bonds. The summed E-state index contributed by atoms with van der Waals surface area (Å²) in [5, 5.41) is 9.24. The van der Waals surface area contributed by atoms with Crippen LogP contribution in [0.15, 0.2) is 55.0 Å². The second kappa shape index (κ2) is 8.12. The number of aromatic carboxylic acids is 1. The molecule has 0 bridgehead atoms. The van der Waals surface area contributed by atoms with E-state index in [1.165, 1.54) is 12.1 Å². The lowest BCUT2D eigenvalue weighted by Crippen LogP contribution is -1.99. The number of imidazole rings is 1. The minimum atomic E-state index is -0.945. The molecule has 3 aromatic rings. The Morgan fingerprint density at radius 1 is 1.19 bits per heavy atom. The van der Waals surface area contributed by atoms with Gasteiger partial charge in [-0.05, 0) is 35.4 Å². The molecule has 0 saturated carbocycles. The number of nitrogens with zero attached hydrogens (tertiary/aromatic N) is 2. The fourth-order valence-corrected chi connectivity index (χ4v) is 2.66. The molecule has 1 heterocycles. The molecule has 2 aromatic carbocycles. The van der Waals surface area contributed by atoms with Gasteiger partial charge < -0.3 is 14.4 Å². The SMILES string of the molecule is O=C(O)c1ccc(Cn2cnc(COCc3ccc(F)cc3Cl)c2)cc1. The molecular weight excluding hydrogens is 359 g/mol. The van der Waals surface area contributed by atoms with Crippen LogP contribution in [0.1, 0.15) is 27.2 Å². The number of ether oxygens (including phenoxy) is 1. The van der Waals surface area contributed by atoms with Crippen LogP contribution in [0.5, 0.6) is 0 Å². The van der Waals surface area contributed by atoms with Gasteiger partial charge in [0.1, 0.15) is 5.82 Å². The fourth-order valence-electron chi connectivity index (χ4n) is 2.44. The molecule has 26 heavy (non-hydrogen) atoms. The quantitative estimate of drug-likeness (QED) is 0.675. The average molecular weight is 375 g/mol. The number of aromatic nitrogens is 2. The number of carboxylic acids is 1. The number of benzene rings is 2. The van der Waals surface area contributed by atoms with Gasteiger partial charge in [0.05, 0.1) is 30.8 Å². The number of hydrogen-bond donors (Lipinski definition) is 1. The standard InChI is InChI=1S/C19H16ClFN2O3/c20-18-7-16(21)6-5-15(18)10-26-11-17-9-23(12-22-17)8-13-1-3-14(4-2-13)19(24)25/h1-7,9,12H,8,10-11H2,(H,24,25). The van der Waals surface area contributed by atoms with E-state index in [0.717, 1.165) is 11.3 Å². The summed E-state index contributed by atoms with van der Waals surface area (Å²) in [6, 6.07) is 10.9. The maximum Gasteiger partial charge on any atom is 0.335 e. The molecule has 1 N–H and O–H groups in total. The number of carbonyl (C=O) groups is 1. The predicted octanol–water partition coefficient (Wildman–Crippen LogP) is 4.14. The number of carboxylic acid groups (broad SMARTS) is 1. The smallest absolute Gasteiger partial charge is 0.335 e. The van der Waals surface area contributed by atoms with Crippen LogP contribution in [0.25, 0.3) is 0 Å². The van der Waals surface area contributed by atoms with Crippen molar-refractivity contribution < 1.29 is 19.0 Å². The first kappa shape index (κ1) is 18.1. The second-order valence-electron chi connectivity index (χ2n) is 5.77. The number of rotatable bonds is 7. The third-order valence-electron chi connectivity index (χ3n) is 3.78. The topological polar surface area (TPSA) is 64.3 Å². The van der Waals surface area contributed by atoms with Crippen LogP contribution < -0.4 is 0 Å². The van der Waals surface area contributed by atoms with Crippen LogP contribution >= 0.6 is 11.6 Å². The molecule has 1 aromatic heterocycles. The van der Waals surface area contributed by atoms with E-state index in [-0.39, 0.29) is 18.0 Å². The minimum absolute atomic E-state index is 0.257. The zero-order valence-electron chi connectivity index (χ0n) is 13.7. The van der Waals surface area contributed by atoms with Crippen molar-refractivity contribution in [1.29, 1.82) is 0 Å². The lowest BCUT2D eigenvalue weighted by molar-refractivity contribution is 0.0697. The maximum absolute atomic E-state index is 13.0. The van der Waals surface area contributed by atoms with Crippen LogP contribution in [0, 0.1) is 5.82 Å². The van der Waals surface area contributed by atoms with E-state index in [2.05, 4.69) is 4.98 Å². The molecule has 0 radical (unpaired) electrons. The zero-order chi connectivity index (χ0) is 18.5. The first-order chi connectivity index (χ1) is 12.5. The largest absolute Gasteiger partial charge is 0.478 e. The molecule has 0 aliphatic heterocycles. The van der Waals surface area contributed by atoms with Crippen molar-refractivity contribution in [3.8, 4) is 0 Å². The molecule has 3 rings (SSSR count). The Morgan fingerprint density at radius 2 is 1.96 bits per heavy atom. The molecular formula is C19H16ClFN2O3. The van der Waals surface area contributed by atoms with Crippen molar-refractivity contribution >= 4 is 17.6 Å². The lowest BCUT2D eigenvalue weighted by Gasteiger charge is -2.05. The van der Waals surface area contributed by atoms with Crippen molar-refractivity contribution in [1.82, 2.24) is 9.55 Å². The highest BCUT2D eigenvalue weighted by Gasteiger charge is 2.05. The van der Waals surface area contributed by atoms with Gasteiger partial charge in [0, 0.05) is 17.8 Å². The average Bonchev–Trinajstić information content (AvgIpc) is 3.04. The minimum Gasteiger partial charge on any atom is -0.478 e. The van der Waals surface area contributed by atoms with Crippen molar-refractivity contribution in [2.45, 2.75) is 19.8 Å². The summed E-state index contributed by atoms with van der Waals surface area (Å²) < 4.78 is 20.5. The first-order valence-corrected chi connectivity index (χ1v) is 8.23. The Balaban J connectivity index is 1.53. The van der Waals surface area contributed by atoms with E-state index in [1.807, 2.05) is 10.8 Å². The van der Waals surface area contributed by atoms with Crippen molar-refractivity contribution in [2.75, 3.05) is 0 Å². The highest BCUT2D eigenvalue weighted by Crippen LogP contribution is 2.18. The van der Waals surface area contributed by atoms with E-state index in [1.54, 1.807) is 36.7 Å². The van der Waals surface area contributed by atoms with Gasteiger partial charge in [0.25, 0.3) is 0 Å². The van der Waals surface area contributed by atoms with E-state index in [4.69, 9.17) is 21.4 Å². The lowest BCUT2D eigenvalue weighted by atomic mass is 10.1. The van der Waals surface area contributed by atoms with E-state index in [9.17, 15) is 9.18 Å². The fraction of sp³-hybridized carbons (Fsp3) is 0.158. The molecule has 134 valence electrons. The van der Waals surface area contributed by atoms with E-state index < -0.39 is 5.97 Å². The van der Waals surface area contributed by atoms with Crippen LogP contribution in [-0.2, 0) is 24.5 Å². The molecule has 0 aliphatic carbocycles. The molecule has 0 unspecified atom stereocenters. The molecule has 7 heteroatoms. The first-order valence-electron chi connectivity index (χ1n) is 7.86. The summed E-state index contributed by atoms with van der Waals surface area (Å²) in [4.78, 5) is 15.1. The van der Waals surface area contributed by atoms with Crippen molar-refractivity contribution in [3.05, 3.63) is 88.2 Å². The van der Waals surface area contributed by atoms with Gasteiger partial charge in [-0.15, -0.1) is 0 Å². The Hall–Kier alpha value is -2.70. The molecule has 0 atom stereocenters. The van der Waals surface area contributed by atoms with Crippen LogP contribution in [0.3, 0.4) is 0 Å². The van der Waals surface area contributed by atoms with Gasteiger partial charge in [-0.25, -0.2) is 14.2 Å². The van der Waals surface area contributed by atoms with E-state index in [0.29, 0.717) is 23.7 Å². The molecule has 0 saturated heterocycles. The molecule has 0 fully saturated rings. The predicted molar refractivity (Wildman–Crippen MR) is 94.6 cm³/mol. The molecule has 0 spiro atoms. The van der Waals surface area contributed by atoms with Gasteiger partial charge in [0.2, 0.25) is 0 Å².